The number of amides is 3. The van der Waals surface area contributed by atoms with Gasteiger partial charge in [0, 0.05) is 18.8 Å². The summed E-state index contributed by atoms with van der Waals surface area (Å²) in [6.45, 7) is 2.48. The second kappa shape index (κ2) is 8.07. The van der Waals surface area contributed by atoms with Crippen molar-refractivity contribution in [3.8, 4) is 5.75 Å². The number of urea groups is 1. The van der Waals surface area contributed by atoms with Crippen LogP contribution in [0.3, 0.4) is 0 Å². The molecule has 0 bridgehead atoms. The van der Waals surface area contributed by atoms with Crippen LogP contribution in [0.1, 0.15) is 17.5 Å². The van der Waals surface area contributed by atoms with Crippen LogP contribution in [0.25, 0.3) is 0 Å². The molecule has 2 aromatic carbocycles. The molecule has 142 valence electrons. The molecule has 27 heavy (non-hydrogen) atoms. The van der Waals surface area contributed by atoms with E-state index in [-0.39, 0.29) is 11.7 Å². The molecule has 3 rings (SSSR count). The number of halogens is 1. The maximum atomic E-state index is 13.4. The van der Waals surface area contributed by atoms with Crippen LogP contribution < -0.4 is 20.3 Å². The van der Waals surface area contributed by atoms with Crippen LogP contribution in [0.5, 0.6) is 5.75 Å². The minimum absolute atomic E-state index is 0.194. The molecule has 2 N–H and O–H groups in total. The molecule has 1 aliphatic heterocycles. The topological polar surface area (TPSA) is 70.7 Å². The molecule has 0 spiro atoms. The van der Waals surface area contributed by atoms with E-state index in [2.05, 4.69) is 10.6 Å². The van der Waals surface area contributed by atoms with Crippen molar-refractivity contribution >= 4 is 17.6 Å². The SMILES string of the molecule is COc1ccc(CNC(=O)NC2CCN(c3ccc(F)c(C)c3)C2=O)cc1. The lowest BCUT2D eigenvalue weighted by atomic mass is 10.2. The number of carbonyl (C=O) groups excluding carboxylic acids is 2. The molecule has 1 unspecified atom stereocenters. The smallest absolute Gasteiger partial charge is 0.315 e. The van der Waals surface area contributed by atoms with Gasteiger partial charge in [-0.15, -0.1) is 0 Å². The van der Waals surface area contributed by atoms with E-state index in [9.17, 15) is 14.0 Å². The number of rotatable bonds is 5. The molecule has 0 radical (unpaired) electrons. The fraction of sp³-hybridized carbons (Fsp3) is 0.300. The van der Waals surface area contributed by atoms with Gasteiger partial charge >= 0.3 is 6.03 Å². The number of carbonyl (C=O) groups is 2. The number of benzene rings is 2. The van der Waals surface area contributed by atoms with E-state index >= 15 is 0 Å². The van der Waals surface area contributed by atoms with Crippen molar-refractivity contribution < 1.29 is 18.7 Å². The Morgan fingerprint density at radius 2 is 2.00 bits per heavy atom. The predicted octanol–water partition coefficient (Wildman–Crippen LogP) is 2.75. The molecule has 3 amide bonds. The van der Waals surface area contributed by atoms with E-state index in [1.165, 1.54) is 6.07 Å². The Morgan fingerprint density at radius 1 is 1.26 bits per heavy atom. The molecular formula is C20H22FN3O3. The van der Waals surface area contributed by atoms with Crippen LogP contribution in [0.4, 0.5) is 14.9 Å². The summed E-state index contributed by atoms with van der Waals surface area (Å²) in [5, 5.41) is 5.45. The minimum atomic E-state index is -0.591. The molecule has 1 saturated heterocycles. The second-order valence-corrected chi connectivity index (χ2v) is 6.44. The number of aryl methyl sites for hydroxylation is 1. The van der Waals surface area contributed by atoms with Crippen LogP contribution in [0.15, 0.2) is 42.5 Å². The summed E-state index contributed by atoms with van der Waals surface area (Å²) in [6.07, 6.45) is 0.505. The van der Waals surface area contributed by atoms with Crippen molar-refractivity contribution in [2.45, 2.75) is 25.9 Å². The van der Waals surface area contributed by atoms with Gasteiger partial charge < -0.3 is 20.3 Å². The van der Waals surface area contributed by atoms with Crippen molar-refractivity contribution in [1.82, 2.24) is 10.6 Å². The monoisotopic (exact) mass is 371 g/mol. The highest BCUT2D eigenvalue weighted by Gasteiger charge is 2.33. The van der Waals surface area contributed by atoms with E-state index in [1.807, 2.05) is 24.3 Å². The van der Waals surface area contributed by atoms with Gasteiger partial charge in [0.2, 0.25) is 5.91 Å². The highest BCUT2D eigenvalue weighted by Crippen LogP contribution is 2.23. The summed E-state index contributed by atoms with van der Waals surface area (Å²) in [7, 11) is 1.59. The second-order valence-electron chi connectivity index (χ2n) is 6.44. The summed E-state index contributed by atoms with van der Waals surface area (Å²) < 4.78 is 18.5. The maximum Gasteiger partial charge on any atom is 0.315 e. The van der Waals surface area contributed by atoms with Crippen LogP contribution >= 0.6 is 0 Å². The summed E-state index contributed by atoms with van der Waals surface area (Å²) in [5.41, 5.74) is 2.04. The molecule has 7 heteroatoms. The van der Waals surface area contributed by atoms with Gasteiger partial charge in [0.1, 0.15) is 17.6 Å². The number of methoxy groups -OCH3 is 1. The zero-order valence-electron chi connectivity index (χ0n) is 15.3. The van der Waals surface area contributed by atoms with Crippen LogP contribution in [0, 0.1) is 12.7 Å². The third-order valence-corrected chi connectivity index (χ3v) is 4.58. The Bertz CT molecular complexity index is 839. The van der Waals surface area contributed by atoms with E-state index in [0.717, 1.165) is 11.3 Å². The maximum absolute atomic E-state index is 13.4. The fourth-order valence-electron chi connectivity index (χ4n) is 3.00. The Kier molecular flexibility index (Phi) is 5.59. The normalized spacial score (nSPS) is 16.3. The number of hydrogen-bond donors (Lipinski definition) is 2. The predicted molar refractivity (Wildman–Crippen MR) is 100 cm³/mol. The van der Waals surface area contributed by atoms with Gasteiger partial charge in [-0.05, 0) is 54.8 Å². The first-order chi connectivity index (χ1) is 13.0. The third kappa shape index (κ3) is 4.36. The van der Waals surface area contributed by atoms with Crippen molar-refractivity contribution in [3.05, 3.63) is 59.4 Å². The molecule has 6 nitrogen and oxygen atoms in total. The van der Waals surface area contributed by atoms with Gasteiger partial charge in [0.15, 0.2) is 0 Å². The third-order valence-electron chi connectivity index (χ3n) is 4.58. The molecule has 1 atom stereocenters. The highest BCUT2D eigenvalue weighted by molar-refractivity contribution is 6.01. The average Bonchev–Trinajstić information content (AvgIpc) is 3.03. The van der Waals surface area contributed by atoms with Crippen LogP contribution in [-0.2, 0) is 11.3 Å². The number of nitrogens with one attached hydrogen (secondary N) is 2. The zero-order chi connectivity index (χ0) is 19.4. The Hall–Kier alpha value is -3.09. The zero-order valence-corrected chi connectivity index (χ0v) is 15.3. The number of ether oxygens (including phenoxy) is 1. The van der Waals surface area contributed by atoms with Crippen molar-refractivity contribution in [2.75, 3.05) is 18.6 Å². The number of anilines is 1. The summed E-state index contributed by atoms with van der Waals surface area (Å²) in [4.78, 5) is 26.2. The first-order valence-electron chi connectivity index (χ1n) is 8.73. The number of nitrogens with zero attached hydrogens (tertiary/aromatic N) is 1. The Labute approximate surface area is 157 Å². The highest BCUT2D eigenvalue weighted by atomic mass is 19.1. The average molecular weight is 371 g/mol. The molecule has 0 saturated carbocycles. The summed E-state index contributed by atoms with van der Waals surface area (Å²) >= 11 is 0. The van der Waals surface area contributed by atoms with E-state index in [1.54, 1.807) is 31.1 Å². The standard InChI is InChI=1S/C20H22FN3O3/c1-13-11-15(5-8-17(13)21)24-10-9-18(19(24)25)23-20(26)22-12-14-3-6-16(27-2)7-4-14/h3-8,11,18H,9-10,12H2,1-2H3,(H2,22,23,26). The van der Waals surface area contributed by atoms with Crippen LogP contribution in [0.2, 0.25) is 0 Å². The molecule has 2 aromatic rings. The molecule has 1 fully saturated rings. The lowest BCUT2D eigenvalue weighted by Crippen LogP contribution is -2.45. The van der Waals surface area contributed by atoms with Crippen LogP contribution in [-0.4, -0.2) is 31.6 Å². The molecule has 0 aliphatic carbocycles. The van der Waals surface area contributed by atoms with Gasteiger partial charge in [-0.25, -0.2) is 9.18 Å². The van der Waals surface area contributed by atoms with E-state index < -0.39 is 12.1 Å². The van der Waals surface area contributed by atoms with Crippen molar-refractivity contribution in [1.29, 1.82) is 0 Å². The molecule has 1 heterocycles. The molecule has 0 aromatic heterocycles. The first-order valence-corrected chi connectivity index (χ1v) is 8.73. The number of hydrogen-bond acceptors (Lipinski definition) is 3. The van der Waals surface area contributed by atoms with Gasteiger partial charge in [0.05, 0.1) is 7.11 Å². The van der Waals surface area contributed by atoms with Gasteiger partial charge in [-0.3, -0.25) is 4.79 Å². The van der Waals surface area contributed by atoms with E-state index in [0.29, 0.717) is 30.8 Å². The minimum Gasteiger partial charge on any atom is -0.497 e. The first kappa shape index (κ1) is 18.7. The van der Waals surface area contributed by atoms with Crippen molar-refractivity contribution in [3.63, 3.8) is 0 Å². The van der Waals surface area contributed by atoms with Gasteiger partial charge in [-0.2, -0.15) is 0 Å². The lowest BCUT2D eigenvalue weighted by Gasteiger charge is -2.18. The quantitative estimate of drug-likeness (QED) is 0.849. The Morgan fingerprint density at radius 3 is 2.67 bits per heavy atom. The van der Waals surface area contributed by atoms with E-state index in [4.69, 9.17) is 4.74 Å². The summed E-state index contributed by atoms with van der Waals surface area (Å²) in [5.74, 6) is 0.245. The molecule has 1 aliphatic rings. The molecular weight excluding hydrogens is 349 g/mol. The Balaban J connectivity index is 1.53. The van der Waals surface area contributed by atoms with Crippen molar-refractivity contribution in [2.24, 2.45) is 0 Å². The van der Waals surface area contributed by atoms with Gasteiger partial charge in [-0.1, -0.05) is 12.1 Å². The fourth-order valence-corrected chi connectivity index (χ4v) is 3.00. The largest absolute Gasteiger partial charge is 0.497 e. The summed E-state index contributed by atoms with van der Waals surface area (Å²) in [6, 6.07) is 10.9. The lowest BCUT2D eigenvalue weighted by molar-refractivity contribution is -0.118. The van der Waals surface area contributed by atoms with Gasteiger partial charge in [0.25, 0.3) is 0 Å².